The molecule has 3 N–H and O–H groups in total. The van der Waals surface area contributed by atoms with Crippen molar-refractivity contribution >= 4 is 28.9 Å². The molecule has 0 atom stereocenters. The largest absolute Gasteiger partial charge is 0.478 e. The fraction of sp³-hybridized carbons (Fsp3) is 0. The molecule has 0 aliphatic carbocycles. The van der Waals surface area contributed by atoms with Crippen LogP contribution in [0.15, 0.2) is 42.5 Å². The molecule has 0 aromatic heterocycles. The van der Waals surface area contributed by atoms with Crippen LogP contribution in [0.4, 0.5) is 17.1 Å². The number of benzene rings is 2. The minimum absolute atomic E-state index is 0.160. The highest BCUT2D eigenvalue weighted by molar-refractivity contribution is 6.05. The average molecular weight is 346 g/mol. The van der Waals surface area contributed by atoms with Crippen molar-refractivity contribution in [2.75, 3.05) is 5.43 Å². The molecule has 0 radical (unpaired) electrons. The Hall–Kier alpha value is -4.02. The van der Waals surface area contributed by atoms with Gasteiger partial charge in [-0.05, 0) is 18.2 Å². The van der Waals surface area contributed by atoms with Crippen molar-refractivity contribution in [3.8, 4) is 0 Å². The third-order valence-corrected chi connectivity index (χ3v) is 3.10. The molecule has 0 saturated carbocycles. The summed E-state index contributed by atoms with van der Waals surface area (Å²) >= 11 is 0. The standard InChI is InChI=1S/C14H10N4O7/c19-13(9-3-1-2-4-10(9)14(20)21)16-15-11-6-5-8(17(22)23)7-12(11)18(24)25/h1-7,15H,(H,16,19)(H,20,21). The zero-order valence-electron chi connectivity index (χ0n) is 12.3. The molecule has 0 fully saturated rings. The lowest BCUT2D eigenvalue weighted by atomic mass is 10.1. The number of amides is 1. The van der Waals surface area contributed by atoms with E-state index in [1.54, 1.807) is 0 Å². The van der Waals surface area contributed by atoms with Gasteiger partial charge in [-0.25, -0.2) is 4.79 Å². The highest BCUT2D eigenvalue weighted by atomic mass is 16.6. The summed E-state index contributed by atoms with van der Waals surface area (Å²) in [4.78, 5) is 43.2. The molecule has 128 valence electrons. The molecule has 1 amide bonds. The number of nitro groups is 2. The van der Waals surface area contributed by atoms with Gasteiger partial charge < -0.3 is 5.11 Å². The molecule has 11 heteroatoms. The molecule has 11 nitrogen and oxygen atoms in total. The van der Waals surface area contributed by atoms with Gasteiger partial charge in [0.15, 0.2) is 0 Å². The number of aromatic carboxylic acids is 1. The van der Waals surface area contributed by atoms with Gasteiger partial charge in [-0.15, -0.1) is 0 Å². The molecule has 25 heavy (non-hydrogen) atoms. The van der Waals surface area contributed by atoms with E-state index in [4.69, 9.17) is 5.11 Å². The number of hydrogen-bond donors (Lipinski definition) is 3. The smallest absolute Gasteiger partial charge is 0.336 e. The monoisotopic (exact) mass is 346 g/mol. The first-order valence-electron chi connectivity index (χ1n) is 6.62. The third kappa shape index (κ3) is 3.85. The number of carbonyl (C=O) groups excluding carboxylic acids is 1. The highest BCUT2D eigenvalue weighted by Gasteiger charge is 2.21. The van der Waals surface area contributed by atoms with E-state index in [-0.39, 0.29) is 16.8 Å². The van der Waals surface area contributed by atoms with Crippen LogP contribution < -0.4 is 10.9 Å². The van der Waals surface area contributed by atoms with Gasteiger partial charge in [0.1, 0.15) is 5.69 Å². The Morgan fingerprint density at radius 3 is 2.16 bits per heavy atom. The van der Waals surface area contributed by atoms with Crippen molar-refractivity contribution in [1.82, 2.24) is 5.43 Å². The Morgan fingerprint density at radius 2 is 1.60 bits per heavy atom. The third-order valence-electron chi connectivity index (χ3n) is 3.10. The van der Waals surface area contributed by atoms with E-state index in [1.165, 1.54) is 24.3 Å². The second kappa shape index (κ2) is 7.04. The Kier molecular flexibility index (Phi) is 4.88. The number of non-ortho nitro benzene ring substituents is 1. The molecule has 0 heterocycles. The summed E-state index contributed by atoms with van der Waals surface area (Å²) in [6.45, 7) is 0. The number of nitro benzene ring substituents is 2. The summed E-state index contributed by atoms with van der Waals surface area (Å²) in [6, 6.07) is 8.20. The predicted octanol–water partition coefficient (Wildman–Crippen LogP) is 1.96. The fourth-order valence-corrected chi connectivity index (χ4v) is 1.95. The topological polar surface area (TPSA) is 165 Å². The number of nitrogens with one attached hydrogen (secondary N) is 2. The average Bonchev–Trinajstić information content (AvgIpc) is 2.59. The normalized spacial score (nSPS) is 9.92. The van der Waals surface area contributed by atoms with Crippen molar-refractivity contribution < 1.29 is 24.5 Å². The molecule has 0 unspecified atom stereocenters. The number of hydrazine groups is 1. The minimum atomic E-state index is -1.31. The number of nitrogens with zero attached hydrogens (tertiary/aromatic N) is 2. The molecular formula is C14H10N4O7. The summed E-state index contributed by atoms with van der Waals surface area (Å²) in [6.07, 6.45) is 0. The minimum Gasteiger partial charge on any atom is -0.478 e. The second-order valence-corrected chi connectivity index (χ2v) is 4.65. The van der Waals surface area contributed by atoms with E-state index in [2.05, 4.69) is 10.9 Å². The SMILES string of the molecule is O=C(O)c1ccccc1C(=O)NNc1ccc([N+](=O)[O-])cc1[N+](=O)[O-]. The van der Waals surface area contributed by atoms with Crippen molar-refractivity contribution in [1.29, 1.82) is 0 Å². The number of rotatable bonds is 6. The van der Waals surface area contributed by atoms with E-state index in [1.807, 2.05) is 0 Å². The zero-order valence-corrected chi connectivity index (χ0v) is 12.3. The van der Waals surface area contributed by atoms with Crippen LogP contribution >= 0.6 is 0 Å². The Morgan fingerprint density at radius 1 is 0.960 bits per heavy atom. The fourth-order valence-electron chi connectivity index (χ4n) is 1.95. The maximum atomic E-state index is 12.1. The molecule has 0 spiro atoms. The highest BCUT2D eigenvalue weighted by Crippen LogP contribution is 2.28. The quantitative estimate of drug-likeness (QED) is 0.527. The van der Waals surface area contributed by atoms with Crippen LogP contribution in [0.2, 0.25) is 0 Å². The molecular weight excluding hydrogens is 336 g/mol. The van der Waals surface area contributed by atoms with Crippen molar-refractivity contribution in [3.63, 3.8) is 0 Å². The van der Waals surface area contributed by atoms with Crippen molar-refractivity contribution in [3.05, 3.63) is 73.8 Å². The summed E-state index contributed by atoms with van der Waals surface area (Å²) in [5.41, 5.74) is 2.68. The van der Waals surface area contributed by atoms with Crippen molar-refractivity contribution in [2.24, 2.45) is 0 Å². The zero-order chi connectivity index (χ0) is 18.6. The molecule has 0 aliphatic heterocycles. The summed E-state index contributed by atoms with van der Waals surface area (Å²) in [5.74, 6) is -2.15. The van der Waals surface area contributed by atoms with Gasteiger partial charge in [-0.3, -0.25) is 35.9 Å². The molecule has 0 saturated heterocycles. The van der Waals surface area contributed by atoms with Gasteiger partial charge >= 0.3 is 11.7 Å². The number of anilines is 1. The van der Waals surface area contributed by atoms with E-state index < -0.39 is 33.1 Å². The maximum Gasteiger partial charge on any atom is 0.336 e. The first-order chi connectivity index (χ1) is 11.8. The number of carboxylic acids is 1. The lowest BCUT2D eigenvalue weighted by Crippen LogP contribution is -2.31. The van der Waals surface area contributed by atoms with Crippen LogP contribution in [0.25, 0.3) is 0 Å². The summed E-state index contributed by atoms with van der Waals surface area (Å²) in [7, 11) is 0. The molecule has 2 rings (SSSR count). The van der Waals surface area contributed by atoms with Gasteiger partial charge in [0.05, 0.1) is 27.0 Å². The lowest BCUT2D eigenvalue weighted by molar-refractivity contribution is -0.393. The Bertz CT molecular complexity index is 881. The van der Waals surface area contributed by atoms with E-state index in [0.29, 0.717) is 0 Å². The van der Waals surface area contributed by atoms with Crippen LogP contribution in [-0.2, 0) is 0 Å². The number of carbonyl (C=O) groups is 2. The van der Waals surface area contributed by atoms with Crippen LogP contribution in [0.3, 0.4) is 0 Å². The molecule has 2 aromatic rings. The van der Waals surface area contributed by atoms with Gasteiger partial charge in [0, 0.05) is 6.07 Å². The lowest BCUT2D eigenvalue weighted by Gasteiger charge is -2.10. The summed E-state index contributed by atoms with van der Waals surface area (Å²) in [5, 5.41) is 30.7. The van der Waals surface area contributed by atoms with Gasteiger partial charge in [0.2, 0.25) is 0 Å². The predicted molar refractivity (Wildman–Crippen MR) is 84.2 cm³/mol. The first kappa shape index (κ1) is 17.3. The summed E-state index contributed by atoms with van der Waals surface area (Å²) < 4.78 is 0. The van der Waals surface area contributed by atoms with Crippen LogP contribution in [0.1, 0.15) is 20.7 Å². The molecule has 2 aromatic carbocycles. The van der Waals surface area contributed by atoms with Crippen molar-refractivity contribution in [2.45, 2.75) is 0 Å². The Labute approximate surface area is 139 Å². The maximum absolute atomic E-state index is 12.1. The van der Waals surface area contributed by atoms with E-state index in [9.17, 15) is 29.8 Å². The Balaban J connectivity index is 2.24. The van der Waals surface area contributed by atoms with Crippen LogP contribution in [0.5, 0.6) is 0 Å². The van der Waals surface area contributed by atoms with Gasteiger partial charge in [-0.1, -0.05) is 12.1 Å². The molecule has 0 aliphatic rings. The number of hydrogen-bond acceptors (Lipinski definition) is 7. The van der Waals surface area contributed by atoms with Crippen LogP contribution in [0, 0.1) is 20.2 Å². The first-order valence-corrected chi connectivity index (χ1v) is 6.62. The number of carboxylic acid groups (broad SMARTS) is 1. The van der Waals surface area contributed by atoms with Crippen LogP contribution in [-0.4, -0.2) is 26.8 Å². The second-order valence-electron chi connectivity index (χ2n) is 4.65. The molecule has 0 bridgehead atoms. The van der Waals surface area contributed by atoms with Gasteiger partial charge in [0.25, 0.3) is 11.6 Å². The van der Waals surface area contributed by atoms with E-state index in [0.717, 1.165) is 18.2 Å². The van der Waals surface area contributed by atoms with Gasteiger partial charge in [-0.2, -0.15) is 0 Å². The van der Waals surface area contributed by atoms with E-state index >= 15 is 0 Å².